The maximum atomic E-state index is 13.5. The minimum absolute atomic E-state index is 0.116. The lowest BCUT2D eigenvalue weighted by atomic mass is 9.69. The first-order chi connectivity index (χ1) is 15.6. The number of piperidine rings is 1. The summed E-state index contributed by atoms with van der Waals surface area (Å²) < 4.78 is 0. The summed E-state index contributed by atoms with van der Waals surface area (Å²) in [5.41, 5.74) is 1.50. The van der Waals surface area contributed by atoms with Crippen molar-refractivity contribution in [2.75, 3.05) is 45.8 Å². The van der Waals surface area contributed by atoms with Crippen molar-refractivity contribution in [2.45, 2.75) is 52.0 Å². The molecule has 1 aromatic rings. The van der Waals surface area contributed by atoms with E-state index in [1.54, 1.807) is 0 Å². The van der Waals surface area contributed by atoms with E-state index >= 15 is 0 Å². The highest BCUT2D eigenvalue weighted by atomic mass is 16.2. The lowest BCUT2D eigenvalue weighted by Gasteiger charge is -2.46. The largest absolute Gasteiger partial charge is 0.355 e. The van der Waals surface area contributed by atoms with Gasteiger partial charge in [-0.2, -0.15) is 0 Å². The summed E-state index contributed by atoms with van der Waals surface area (Å²) in [6.45, 7) is 10.2. The monoisotopic (exact) mass is 438 g/mol. The van der Waals surface area contributed by atoms with Gasteiger partial charge in [-0.25, -0.2) is 0 Å². The molecule has 0 bridgehead atoms. The van der Waals surface area contributed by atoms with Crippen LogP contribution < -0.4 is 5.32 Å². The quantitative estimate of drug-likeness (QED) is 0.634. The smallest absolute Gasteiger partial charge is 0.232 e. The zero-order valence-electron chi connectivity index (χ0n) is 19.5. The summed E-state index contributed by atoms with van der Waals surface area (Å²) in [5.74, 6) is 0.251. The number of piperazine rings is 1. The van der Waals surface area contributed by atoms with Gasteiger partial charge in [-0.15, -0.1) is 0 Å². The van der Waals surface area contributed by atoms with E-state index in [4.69, 9.17) is 0 Å². The van der Waals surface area contributed by atoms with E-state index in [1.807, 2.05) is 35.2 Å². The number of nitrogens with one attached hydrogen (secondary N) is 1. The molecule has 2 fully saturated rings. The molecule has 174 valence electrons. The molecule has 0 saturated carbocycles. The molecule has 2 aliphatic heterocycles. The summed E-state index contributed by atoms with van der Waals surface area (Å²) in [6.07, 6.45) is 6.98. The van der Waals surface area contributed by atoms with Gasteiger partial charge in [0.2, 0.25) is 11.8 Å². The van der Waals surface area contributed by atoms with Gasteiger partial charge < -0.3 is 20.0 Å². The average Bonchev–Trinajstić information content (AvgIpc) is 2.84. The van der Waals surface area contributed by atoms with Crippen LogP contribution in [0.4, 0.5) is 0 Å². The van der Waals surface area contributed by atoms with Crippen LogP contribution in [0, 0.1) is 5.41 Å². The molecule has 0 radical (unpaired) electrons. The Hall–Kier alpha value is -2.18. The van der Waals surface area contributed by atoms with Gasteiger partial charge in [-0.05, 0) is 50.8 Å². The highest BCUT2D eigenvalue weighted by Gasteiger charge is 2.49. The first-order valence-corrected chi connectivity index (χ1v) is 12.4. The molecule has 2 heterocycles. The van der Waals surface area contributed by atoms with Gasteiger partial charge in [0.15, 0.2) is 0 Å². The van der Waals surface area contributed by atoms with Gasteiger partial charge in [0.25, 0.3) is 0 Å². The number of hydrogen-bond donors (Lipinski definition) is 1. The normalized spacial score (nSPS) is 24.7. The zero-order valence-corrected chi connectivity index (χ0v) is 19.5. The van der Waals surface area contributed by atoms with Crippen LogP contribution in [0.3, 0.4) is 0 Å². The van der Waals surface area contributed by atoms with Gasteiger partial charge in [0, 0.05) is 44.8 Å². The SMILES string of the molecule is CCN1CCN(CCCNC(=O)C23CCCC=C2N(Cc2ccccc2)C(=O)CC3)CC1. The van der Waals surface area contributed by atoms with Crippen LogP contribution in [0.25, 0.3) is 0 Å². The number of amides is 2. The molecule has 0 aromatic heterocycles. The Kier molecular flexibility index (Phi) is 7.63. The Labute approximate surface area is 192 Å². The Bertz CT molecular complexity index is 816. The van der Waals surface area contributed by atoms with Crippen LogP contribution >= 0.6 is 0 Å². The number of carbonyl (C=O) groups is 2. The lowest BCUT2D eigenvalue weighted by Crippen LogP contribution is -2.53. The van der Waals surface area contributed by atoms with Gasteiger partial charge in [0.05, 0.1) is 12.0 Å². The van der Waals surface area contributed by atoms with Crippen molar-refractivity contribution < 1.29 is 9.59 Å². The molecule has 2 amide bonds. The van der Waals surface area contributed by atoms with E-state index in [9.17, 15) is 9.59 Å². The minimum Gasteiger partial charge on any atom is -0.355 e. The molecule has 1 aromatic carbocycles. The topological polar surface area (TPSA) is 55.9 Å². The Morgan fingerprint density at radius 2 is 1.81 bits per heavy atom. The van der Waals surface area contributed by atoms with Gasteiger partial charge in [-0.3, -0.25) is 9.59 Å². The first kappa shape index (κ1) is 23.0. The molecule has 32 heavy (non-hydrogen) atoms. The fraction of sp³-hybridized carbons (Fsp3) is 0.615. The van der Waals surface area contributed by atoms with Gasteiger partial charge in [0.1, 0.15) is 0 Å². The van der Waals surface area contributed by atoms with E-state index < -0.39 is 5.41 Å². The Morgan fingerprint density at radius 3 is 2.56 bits per heavy atom. The molecule has 6 heteroatoms. The van der Waals surface area contributed by atoms with Crippen molar-refractivity contribution in [1.82, 2.24) is 20.0 Å². The minimum atomic E-state index is -0.548. The van der Waals surface area contributed by atoms with Crippen LogP contribution in [0.5, 0.6) is 0 Å². The number of likely N-dealkylation sites (tertiary alicyclic amines) is 1. The number of likely N-dealkylation sites (N-methyl/N-ethyl adjacent to an activating group) is 1. The molecule has 6 nitrogen and oxygen atoms in total. The Balaban J connectivity index is 1.35. The van der Waals surface area contributed by atoms with Crippen LogP contribution in [0.1, 0.15) is 51.0 Å². The fourth-order valence-corrected chi connectivity index (χ4v) is 5.46. The zero-order chi connectivity index (χ0) is 22.4. The molecule has 2 saturated heterocycles. The Morgan fingerprint density at radius 1 is 1.06 bits per heavy atom. The number of rotatable bonds is 8. The van der Waals surface area contributed by atoms with E-state index in [-0.39, 0.29) is 11.8 Å². The highest BCUT2D eigenvalue weighted by Crippen LogP contribution is 2.47. The molecular formula is C26H38N4O2. The predicted octanol–water partition coefficient (Wildman–Crippen LogP) is 3.01. The maximum Gasteiger partial charge on any atom is 0.232 e. The second-order valence-electron chi connectivity index (χ2n) is 9.41. The summed E-state index contributed by atoms with van der Waals surface area (Å²) in [6, 6.07) is 10.1. The second kappa shape index (κ2) is 10.6. The predicted molar refractivity (Wildman–Crippen MR) is 127 cm³/mol. The summed E-state index contributed by atoms with van der Waals surface area (Å²) in [4.78, 5) is 33.2. The number of allylic oxidation sites excluding steroid dienone is 1. The van der Waals surface area contributed by atoms with Crippen molar-refractivity contribution in [3.05, 3.63) is 47.7 Å². The number of benzene rings is 1. The number of nitrogens with zero attached hydrogens (tertiary/aromatic N) is 3. The molecule has 4 rings (SSSR count). The van der Waals surface area contributed by atoms with Crippen molar-refractivity contribution >= 4 is 11.8 Å². The van der Waals surface area contributed by atoms with E-state index in [0.717, 1.165) is 76.2 Å². The maximum absolute atomic E-state index is 13.5. The molecule has 1 unspecified atom stereocenters. The molecule has 1 aliphatic carbocycles. The van der Waals surface area contributed by atoms with Crippen molar-refractivity contribution in [1.29, 1.82) is 0 Å². The van der Waals surface area contributed by atoms with Crippen LogP contribution in [-0.2, 0) is 16.1 Å². The van der Waals surface area contributed by atoms with Crippen molar-refractivity contribution in [2.24, 2.45) is 5.41 Å². The van der Waals surface area contributed by atoms with Crippen LogP contribution in [0.2, 0.25) is 0 Å². The summed E-state index contributed by atoms with van der Waals surface area (Å²) in [5, 5.41) is 3.25. The van der Waals surface area contributed by atoms with Crippen LogP contribution in [-0.4, -0.2) is 72.3 Å². The van der Waals surface area contributed by atoms with Gasteiger partial charge in [-0.1, -0.05) is 43.3 Å². The third-order valence-corrected chi connectivity index (χ3v) is 7.46. The summed E-state index contributed by atoms with van der Waals surface area (Å²) in [7, 11) is 0. The molecule has 0 spiro atoms. The van der Waals surface area contributed by atoms with Crippen molar-refractivity contribution in [3.63, 3.8) is 0 Å². The van der Waals surface area contributed by atoms with E-state index in [0.29, 0.717) is 25.9 Å². The second-order valence-corrected chi connectivity index (χ2v) is 9.41. The number of fused-ring (bicyclic) bond motifs is 1. The van der Waals surface area contributed by atoms with Crippen molar-refractivity contribution in [3.8, 4) is 0 Å². The fourth-order valence-electron chi connectivity index (χ4n) is 5.46. The highest BCUT2D eigenvalue weighted by molar-refractivity contribution is 5.91. The number of carbonyl (C=O) groups excluding carboxylic acids is 2. The third-order valence-electron chi connectivity index (χ3n) is 7.46. The molecule has 1 atom stereocenters. The third kappa shape index (κ3) is 5.07. The van der Waals surface area contributed by atoms with E-state index in [1.165, 1.54) is 0 Å². The summed E-state index contributed by atoms with van der Waals surface area (Å²) >= 11 is 0. The molecule has 3 aliphatic rings. The number of hydrogen-bond acceptors (Lipinski definition) is 4. The lowest BCUT2D eigenvalue weighted by molar-refractivity contribution is -0.141. The first-order valence-electron chi connectivity index (χ1n) is 12.4. The van der Waals surface area contributed by atoms with E-state index in [2.05, 4.69) is 28.1 Å². The van der Waals surface area contributed by atoms with Crippen LogP contribution in [0.15, 0.2) is 42.1 Å². The molecular weight excluding hydrogens is 400 g/mol. The standard InChI is InChI=1S/C26H38N4O2/c1-2-28-17-19-29(20-18-28)16-8-15-27-25(32)26-13-7-6-11-23(26)30(24(31)12-14-26)21-22-9-4-3-5-10-22/h3-5,9-11H,2,6-8,12-21H2,1H3,(H,27,32). The van der Waals surface area contributed by atoms with Gasteiger partial charge >= 0.3 is 0 Å². The molecule has 1 N–H and O–H groups in total. The average molecular weight is 439 g/mol.